The molecule has 2 aromatic rings. The Kier molecular flexibility index (Phi) is 5.70. The molecule has 0 radical (unpaired) electrons. The predicted octanol–water partition coefficient (Wildman–Crippen LogP) is 3.23. The molecule has 0 amide bonds. The maximum Gasteiger partial charge on any atom is 0.234 e. The fraction of sp³-hybridized carbons (Fsp3) is 0.667. The molecule has 4 rings (SSSR count). The van der Waals surface area contributed by atoms with E-state index in [1.807, 2.05) is 0 Å². The summed E-state index contributed by atoms with van der Waals surface area (Å²) in [7, 11) is 0. The third-order valence-electron chi connectivity index (χ3n) is 6.25. The summed E-state index contributed by atoms with van der Waals surface area (Å²) in [6.07, 6.45) is 11.3. The van der Waals surface area contributed by atoms with Gasteiger partial charge in [0.1, 0.15) is 11.7 Å². The Labute approximate surface area is 160 Å². The first-order valence-electron chi connectivity index (χ1n) is 10.4. The number of rotatable bonds is 5. The first-order valence-corrected chi connectivity index (χ1v) is 10.4. The van der Waals surface area contributed by atoms with Gasteiger partial charge in [-0.25, -0.2) is 9.97 Å². The quantitative estimate of drug-likeness (QED) is 0.878. The monoisotopic (exact) mass is 367 g/mol. The van der Waals surface area contributed by atoms with Gasteiger partial charge in [0.15, 0.2) is 0 Å². The lowest BCUT2D eigenvalue weighted by Crippen LogP contribution is -2.35. The highest BCUT2D eigenvalue weighted by molar-refractivity contribution is 5.76. The number of nitrogens with zero attached hydrogens (tertiary/aromatic N) is 5. The second-order valence-corrected chi connectivity index (χ2v) is 8.17. The molecule has 3 heterocycles. The molecule has 1 aliphatic carbocycles. The molecule has 0 unspecified atom stereocenters. The van der Waals surface area contributed by atoms with E-state index in [0.717, 1.165) is 56.0 Å². The highest BCUT2D eigenvalue weighted by atomic mass is 16.3. The maximum atomic E-state index is 9.77. The Morgan fingerprint density at radius 2 is 1.93 bits per heavy atom. The zero-order valence-corrected chi connectivity index (χ0v) is 16.0. The molecule has 1 aliphatic heterocycles. The second-order valence-electron chi connectivity index (χ2n) is 8.17. The number of hydrogen-bond donors (Lipinski definition) is 1. The van der Waals surface area contributed by atoms with Crippen molar-refractivity contribution < 1.29 is 5.11 Å². The van der Waals surface area contributed by atoms with Gasteiger partial charge in [-0.05, 0) is 31.2 Å². The lowest BCUT2D eigenvalue weighted by atomic mass is 9.87. The van der Waals surface area contributed by atoms with Crippen molar-refractivity contribution in [2.24, 2.45) is 5.92 Å². The minimum atomic E-state index is -0.150. The molecule has 0 aromatic carbocycles. The number of nitriles is 1. The van der Waals surface area contributed by atoms with E-state index in [2.05, 4.69) is 31.6 Å². The van der Waals surface area contributed by atoms with Crippen LogP contribution in [-0.2, 0) is 13.1 Å². The first-order chi connectivity index (χ1) is 13.2. The van der Waals surface area contributed by atoms with E-state index in [1.165, 1.54) is 44.2 Å². The SMILES string of the molecule is N#Cc1ncc2cc(CN3CCC(O)CC3)n(CCC3CCCCC3)c2n1. The minimum Gasteiger partial charge on any atom is -0.393 e. The average molecular weight is 367 g/mol. The van der Waals surface area contributed by atoms with E-state index < -0.39 is 0 Å². The largest absolute Gasteiger partial charge is 0.393 e. The summed E-state index contributed by atoms with van der Waals surface area (Å²) in [5.74, 6) is 1.05. The highest BCUT2D eigenvalue weighted by Gasteiger charge is 2.21. The lowest BCUT2D eigenvalue weighted by molar-refractivity contribution is 0.0781. The van der Waals surface area contributed by atoms with Crippen molar-refractivity contribution in [1.29, 1.82) is 5.26 Å². The number of piperidine rings is 1. The Balaban J connectivity index is 1.57. The standard InChI is InChI=1S/C21H29N5O/c22-13-20-23-14-17-12-18(15-25-9-7-19(27)8-10-25)26(21(17)24-20)11-6-16-4-2-1-3-5-16/h12,14,16,19,27H,1-11,15H2. The smallest absolute Gasteiger partial charge is 0.234 e. The van der Waals surface area contributed by atoms with Crippen LogP contribution in [0.25, 0.3) is 11.0 Å². The van der Waals surface area contributed by atoms with Crippen LogP contribution in [0.2, 0.25) is 0 Å². The van der Waals surface area contributed by atoms with Gasteiger partial charge >= 0.3 is 0 Å². The number of aromatic nitrogens is 3. The molecular weight excluding hydrogens is 338 g/mol. The molecule has 144 valence electrons. The molecule has 6 nitrogen and oxygen atoms in total. The van der Waals surface area contributed by atoms with Gasteiger partial charge in [0, 0.05) is 43.5 Å². The van der Waals surface area contributed by atoms with Crippen LogP contribution >= 0.6 is 0 Å². The lowest BCUT2D eigenvalue weighted by Gasteiger charge is -2.30. The van der Waals surface area contributed by atoms with Gasteiger partial charge in [0.25, 0.3) is 0 Å². The van der Waals surface area contributed by atoms with Gasteiger partial charge in [-0.2, -0.15) is 5.26 Å². The summed E-state index contributed by atoms with van der Waals surface area (Å²) < 4.78 is 2.32. The normalized spacial score (nSPS) is 20.1. The molecule has 1 saturated carbocycles. The number of aryl methyl sites for hydroxylation is 1. The summed E-state index contributed by atoms with van der Waals surface area (Å²) in [6, 6.07) is 4.26. The van der Waals surface area contributed by atoms with Crippen LogP contribution in [0, 0.1) is 17.2 Å². The van der Waals surface area contributed by atoms with Crippen molar-refractivity contribution in [1.82, 2.24) is 19.4 Å². The third-order valence-corrected chi connectivity index (χ3v) is 6.25. The van der Waals surface area contributed by atoms with Crippen molar-refractivity contribution in [2.45, 2.75) is 70.6 Å². The van der Waals surface area contributed by atoms with Gasteiger partial charge in [0.05, 0.1) is 6.10 Å². The van der Waals surface area contributed by atoms with Crippen LogP contribution in [0.15, 0.2) is 12.3 Å². The summed E-state index contributed by atoms with van der Waals surface area (Å²) in [5, 5.41) is 20.0. The van der Waals surface area contributed by atoms with Crippen LogP contribution in [0.4, 0.5) is 0 Å². The van der Waals surface area contributed by atoms with Crippen molar-refractivity contribution in [3.05, 3.63) is 23.8 Å². The van der Waals surface area contributed by atoms with Gasteiger partial charge in [0.2, 0.25) is 5.82 Å². The molecule has 2 aromatic heterocycles. The second kappa shape index (κ2) is 8.37. The molecule has 1 N–H and O–H groups in total. The Bertz CT molecular complexity index is 810. The number of aliphatic hydroxyl groups is 1. The van der Waals surface area contributed by atoms with E-state index in [-0.39, 0.29) is 11.9 Å². The number of aliphatic hydroxyl groups excluding tert-OH is 1. The van der Waals surface area contributed by atoms with E-state index in [9.17, 15) is 10.4 Å². The van der Waals surface area contributed by atoms with Crippen LogP contribution in [0.3, 0.4) is 0 Å². The third kappa shape index (κ3) is 4.31. The number of fused-ring (bicyclic) bond motifs is 1. The molecule has 2 fully saturated rings. The Morgan fingerprint density at radius 1 is 1.15 bits per heavy atom. The summed E-state index contributed by atoms with van der Waals surface area (Å²) in [5.41, 5.74) is 2.14. The van der Waals surface area contributed by atoms with Gasteiger partial charge in [-0.1, -0.05) is 32.1 Å². The van der Waals surface area contributed by atoms with Crippen LogP contribution in [0.1, 0.15) is 62.9 Å². The molecule has 0 spiro atoms. The van der Waals surface area contributed by atoms with Gasteiger partial charge < -0.3 is 9.67 Å². The topological polar surface area (TPSA) is 78.0 Å². The number of hydrogen-bond acceptors (Lipinski definition) is 5. The van der Waals surface area contributed by atoms with Crippen molar-refractivity contribution in [3.8, 4) is 6.07 Å². The average Bonchev–Trinajstić information content (AvgIpc) is 3.05. The Hall–Kier alpha value is -1.97. The molecule has 6 heteroatoms. The molecule has 0 atom stereocenters. The zero-order chi connectivity index (χ0) is 18.6. The van der Waals surface area contributed by atoms with E-state index in [0.29, 0.717) is 0 Å². The minimum absolute atomic E-state index is 0.150. The zero-order valence-electron chi connectivity index (χ0n) is 16.0. The van der Waals surface area contributed by atoms with E-state index >= 15 is 0 Å². The molecule has 1 saturated heterocycles. The summed E-state index contributed by atoms with van der Waals surface area (Å²) in [4.78, 5) is 11.1. The van der Waals surface area contributed by atoms with Crippen LogP contribution < -0.4 is 0 Å². The molecule has 27 heavy (non-hydrogen) atoms. The van der Waals surface area contributed by atoms with Gasteiger partial charge in [-0.15, -0.1) is 0 Å². The predicted molar refractivity (Wildman–Crippen MR) is 104 cm³/mol. The van der Waals surface area contributed by atoms with Gasteiger partial charge in [-0.3, -0.25) is 4.90 Å². The van der Waals surface area contributed by atoms with Crippen LogP contribution in [-0.4, -0.2) is 43.7 Å². The highest BCUT2D eigenvalue weighted by Crippen LogP contribution is 2.28. The van der Waals surface area contributed by atoms with E-state index in [1.54, 1.807) is 6.20 Å². The summed E-state index contributed by atoms with van der Waals surface area (Å²) >= 11 is 0. The number of likely N-dealkylation sites (tertiary alicyclic amines) is 1. The van der Waals surface area contributed by atoms with Crippen LogP contribution in [0.5, 0.6) is 0 Å². The Morgan fingerprint density at radius 3 is 2.67 bits per heavy atom. The van der Waals surface area contributed by atoms with E-state index in [4.69, 9.17) is 0 Å². The van der Waals surface area contributed by atoms with Crippen molar-refractivity contribution in [2.75, 3.05) is 13.1 Å². The molecular formula is C21H29N5O. The van der Waals surface area contributed by atoms with Crippen molar-refractivity contribution in [3.63, 3.8) is 0 Å². The fourth-order valence-corrected chi connectivity index (χ4v) is 4.62. The molecule has 2 aliphatic rings. The molecule has 0 bridgehead atoms. The summed E-state index contributed by atoms with van der Waals surface area (Å²) in [6.45, 7) is 3.69. The maximum absolute atomic E-state index is 9.77. The van der Waals surface area contributed by atoms with Crippen molar-refractivity contribution >= 4 is 11.0 Å². The fourth-order valence-electron chi connectivity index (χ4n) is 4.62. The first kappa shape index (κ1) is 18.4.